The van der Waals surface area contributed by atoms with Crippen molar-refractivity contribution in [3.63, 3.8) is 0 Å². The van der Waals surface area contributed by atoms with Gasteiger partial charge in [0.25, 0.3) is 0 Å². The minimum Gasteiger partial charge on any atom is -0.872 e. The fourth-order valence-corrected chi connectivity index (χ4v) is 2.93. The number of hydrogen-bond donors (Lipinski definition) is 1. The summed E-state index contributed by atoms with van der Waals surface area (Å²) in [5.74, 6) is -1.44. The zero-order valence-corrected chi connectivity index (χ0v) is 17.5. The fraction of sp³-hybridized carbons (Fsp3) is 0.650. The number of para-hydroxylation sites is 1. The van der Waals surface area contributed by atoms with Crippen molar-refractivity contribution in [2.45, 2.75) is 84.0 Å². The van der Waals surface area contributed by atoms with Gasteiger partial charge in [-0.2, -0.15) is 0 Å². The first-order valence-corrected chi connectivity index (χ1v) is 9.19. The molecular formula is C20H31NaO3. The van der Waals surface area contributed by atoms with Crippen LogP contribution in [0.1, 0.15) is 93.5 Å². The monoisotopic (exact) mass is 342 g/mol. The summed E-state index contributed by atoms with van der Waals surface area (Å²) in [5.41, 5.74) is 0.534. The molecule has 1 aromatic rings. The summed E-state index contributed by atoms with van der Waals surface area (Å²) in [4.78, 5) is 10.9. The minimum atomic E-state index is -1.13. The molecule has 0 spiro atoms. The van der Waals surface area contributed by atoms with Crippen LogP contribution in [-0.2, 0) is 6.42 Å². The van der Waals surface area contributed by atoms with E-state index in [4.69, 9.17) is 5.11 Å². The average Bonchev–Trinajstić information content (AvgIpc) is 2.53. The van der Waals surface area contributed by atoms with Crippen LogP contribution in [0.15, 0.2) is 18.2 Å². The molecule has 0 amide bonds. The standard InChI is InChI=1S/C20H32O3.Na/c1-2-3-4-5-6-7-8-9-10-11-12-14-17-15-13-16-18(19(17)21)20(22)23;/h13,15-16,21H,2-12,14H2,1H3,(H,22,23);/q;+1/p-1. The summed E-state index contributed by atoms with van der Waals surface area (Å²) in [6.45, 7) is 2.24. The van der Waals surface area contributed by atoms with E-state index in [1.807, 2.05) is 0 Å². The van der Waals surface area contributed by atoms with E-state index in [0.717, 1.165) is 12.8 Å². The Kier molecular flexibility index (Phi) is 14.5. The van der Waals surface area contributed by atoms with Crippen molar-refractivity contribution in [1.82, 2.24) is 0 Å². The molecule has 1 rings (SSSR count). The Morgan fingerprint density at radius 2 is 1.42 bits per heavy atom. The summed E-state index contributed by atoms with van der Waals surface area (Å²) in [6, 6.07) is 4.80. The smallest absolute Gasteiger partial charge is 0.872 e. The van der Waals surface area contributed by atoms with Crippen molar-refractivity contribution in [2.24, 2.45) is 0 Å². The maximum absolute atomic E-state index is 11.9. The van der Waals surface area contributed by atoms with Crippen LogP contribution < -0.4 is 34.7 Å². The number of rotatable bonds is 13. The Balaban J connectivity index is 0.00000529. The van der Waals surface area contributed by atoms with E-state index in [2.05, 4.69) is 6.92 Å². The second-order valence-corrected chi connectivity index (χ2v) is 6.38. The van der Waals surface area contributed by atoms with Crippen molar-refractivity contribution in [3.8, 4) is 5.75 Å². The average molecular weight is 342 g/mol. The Bertz CT molecular complexity index is 460. The molecule has 0 unspecified atom stereocenters. The molecule has 0 aliphatic heterocycles. The minimum absolute atomic E-state index is 0. The Hall–Kier alpha value is -0.510. The molecule has 130 valence electrons. The number of aryl methyl sites for hydroxylation is 1. The van der Waals surface area contributed by atoms with Crippen LogP contribution in [0.3, 0.4) is 0 Å². The second-order valence-electron chi connectivity index (χ2n) is 6.38. The quantitative estimate of drug-likeness (QED) is 0.442. The van der Waals surface area contributed by atoms with E-state index in [-0.39, 0.29) is 40.9 Å². The maximum Gasteiger partial charge on any atom is 1.00 e. The largest absolute Gasteiger partial charge is 1.00 e. The number of unbranched alkanes of at least 4 members (excludes halogenated alkanes) is 10. The van der Waals surface area contributed by atoms with Gasteiger partial charge < -0.3 is 10.2 Å². The van der Waals surface area contributed by atoms with Gasteiger partial charge in [0.2, 0.25) is 0 Å². The summed E-state index contributed by atoms with van der Waals surface area (Å²) in [5, 5.41) is 20.9. The van der Waals surface area contributed by atoms with Crippen molar-refractivity contribution in [1.29, 1.82) is 0 Å². The second kappa shape index (κ2) is 14.8. The normalized spacial score (nSPS) is 10.4. The number of carboxylic acids is 1. The van der Waals surface area contributed by atoms with E-state index in [0.29, 0.717) is 12.0 Å². The molecule has 0 atom stereocenters. The maximum atomic E-state index is 11.9. The topological polar surface area (TPSA) is 60.4 Å². The van der Waals surface area contributed by atoms with Crippen LogP contribution in [0.5, 0.6) is 5.75 Å². The van der Waals surface area contributed by atoms with Gasteiger partial charge in [-0.15, -0.1) is 0 Å². The number of carboxylic acid groups (broad SMARTS) is 1. The van der Waals surface area contributed by atoms with Crippen LogP contribution >= 0.6 is 0 Å². The van der Waals surface area contributed by atoms with Gasteiger partial charge in [0.1, 0.15) is 0 Å². The van der Waals surface area contributed by atoms with Gasteiger partial charge in [-0.3, -0.25) is 0 Å². The van der Waals surface area contributed by atoms with Gasteiger partial charge in [-0.1, -0.05) is 94.6 Å². The Labute approximate surface area is 169 Å². The number of carbonyl (C=O) groups is 1. The molecule has 1 N–H and O–H groups in total. The van der Waals surface area contributed by atoms with Crippen LogP contribution in [-0.4, -0.2) is 11.1 Å². The molecule has 3 nitrogen and oxygen atoms in total. The predicted molar refractivity (Wildman–Crippen MR) is 93.0 cm³/mol. The third-order valence-corrected chi connectivity index (χ3v) is 4.38. The van der Waals surface area contributed by atoms with Crippen LogP contribution in [0, 0.1) is 0 Å². The van der Waals surface area contributed by atoms with E-state index >= 15 is 0 Å². The van der Waals surface area contributed by atoms with Gasteiger partial charge in [0.05, 0.1) is 5.56 Å². The van der Waals surface area contributed by atoms with E-state index < -0.39 is 5.97 Å². The van der Waals surface area contributed by atoms with Crippen molar-refractivity contribution in [3.05, 3.63) is 29.3 Å². The van der Waals surface area contributed by atoms with Crippen LogP contribution in [0.2, 0.25) is 0 Å². The van der Waals surface area contributed by atoms with Crippen LogP contribution in [0.4, 0.5) is 0 Å². The molecule has 24 heavy (non-hydrogen) atoms. The summed E-state index contributed by atoms with van der Waals surface area (Å²) in [7, 11) is 0. The first kappa shape index (κ1) is 23.5. The number of benzene rings is 1. The number of hydrogen-bond acceptors (Lipinski definition) is 2. The molecule has 0 saturated carbocycles. The van der Waals surface area contributed by atoms with E-state index in [1.165, 1.54) is 63.9 Å². The molecule has 4 heteroatoms. The van der Waals surface area contributed by atoms with Crippen LogP contribution in [0.25, 0.3) is 0 Å². The summed E-state index contributed by atoms with van der Waals surface area (Å²) < 4.78 is 0. The van der Waals surface area contributed by atoms with Crippen molar-refractivity contribution < 1.29 is 44.6 Å². The number of aromatic carboxylic acids is 1. The molecule has 0 aliphatic rings. The molecular weight excluding hydrogens is 311 g/mol. The van der Waals surface area contributed by atoms with Gasteiger partial charge in [0, 0.05) is 0 Å². The van der Waals surface area contributed by atoms with Crippen molar-refractivity contribution in [2.75, 3.05) is 0 Å². The molecule has 0 radical (unpaired) electrons. The predicted octanol–water partition coefficient (Wildman–Crippen LogP) is 2.32. The van der Waals surface area contributed by atoms with Crippen molar-refractivity contribution >= 4 is 5.97 Å². The molecule has 0 heterocycles. The van der Waals surface area contributed by atoms with Gasteiger partial charge in [0.15, 0.2) is 0 Å². The van der Waals surface area contributed by atoms with Gasteiger partial charge in [-0.25, -0.2) is 4.79 Å². The van der Waals surface area contributed by atoms with Gasteiger partial charge in [-0.05, 0) is 18.9 Å². The third-order valence-electron chi connectivity index (χ3n) is 4.38. The zero-order chi connectivity index (χ0) is 16.9. The molecule has 0 aromatic heterocycles. The molecule has 0 aliphatic carbocycles. The molecule has 1 aromatic carbocycles. The first-order valence-electron chi connectivity index (χ1n) is 9.19. The zero-order valence-electron chi connectivity index (χ0n) is 15.5. The molecule has 0 saturated heterocycles. The van der Waals surface area contributed by atoms with Gasteiger partial charge >= 0.3 is 35.5 Å². The summed E-state index contributed by atoms with van der Waals surface area (Å²) in [6.07, 6.45) is 14.7. The Morgan fingerprint density at radius 1 is 0.917 bits per heavy atom. The molecule has 0 fully saturated rings. The van der Waals surface area contributed by atoms with E-state index in [1.54, 1.807) is 12.1 Å². The SMILES string of the molecule is CCCCCCCCCCCCCc1cccc(C(=O)O)c1[O-].[Na+]. The molecule has 0 bridgehead atoms. The van der Waals surface area contributed by atoms with E-state index in [9.17, 15) is 9.90 Å². The fourth-order valence-electron chi connectivity index (χ4n) is 2.93. The summed E-state index contributed by atoms with van der Waals surface area (Å²) >= 11 is 0. The third kappa shape index (κ3) is 9.71. The Morgan fingerprint density at radius 3 is 1.92 bits per heavy atom. The first-order chi connectivity index (χ1) is 11.2.